The molecule has 4 rings (SSSR count). The van der Waals surface area contributed by atoms with Gasteiger partial charge in [0.2, 0.25) is 11.7 Å². The average molecular weight is 434 g/mol. The largest absolute Gasteiger partial charge is 0.485 e. The van der Waals surface area contributed by atoms with E-state index in [1.54, 1.807) is 55.5 Å². The lowest BCUT2D eigenvalue weighted by Crippen LogP contribution is -2.49. The molecule has 2 heterocycles. The van der Waals surface area contributed by atoms with Gasteiger partial charge in [-0.3, -0.25) is 9.59 Å². The molecule has 2 aliphatic heterocycles. The monoisotopic (exact) mass is 434 g/mol. The summed E-state index contributed by atoms with van der Waals surface area (Å²) in [5, 5.41) is 2.77. The zero-order chi connectivity index (χ0) is 22.9. The molecule has 0 unspecified atom stereocenters. The lowest BCUT2D eigenvalue weighted by Gasteiger charge is -2.36. The van der Waals surface area contributed by atoms with Gasteiger partial charge in [0, 0.05) is 11.3 Å². The first-order valence-electron chi connectivity index (χ1n) is 10.1. The Labute approximate surface area is 184 Å². The maximum absolute atomic E-state index is 13.5. The van der Waals surface area contributed by atoms with Gasteiger partial charge < -0.3 is 25.3 Å². The van der Waals surface area contributed by atoms with E-state index in [9.17, 15) is 14.4 Å². The van der Waals surface area contributed by atoms with Crippen LogP contribution in [-0.2, 0) is 29.3 Å². The van der Waals surface area contributed by atoms with Gasteiger partial charge in [0.05, 0.1) is 12.2 Å². The number of benzene rings is 2. The SMILES string of the molecule is CCOC(=O)C1=C(C)OC(N)=C(C(=O)COc2ccccc2)[C@@]12C(=O)Nc1ccccc12. The van der Waals surface area contributed by atoms with Crippen molar-refractivity contribution in [2.24, 2.45) is 5.73 Å². The molecule has 0 bridgehead atoms. The fourth-order valence-corrected chi connectivity index (χ4v) is 4.18. The molecule has 8 heteroatoms. The van der Waals surface area contributed by atoms with E-state index in [1.165, 1.54) is 6.92 Å². The van der Waals surface area contributed by atoms with Crippen LogP contribution in [0.15, 0.2) is 77.4 Å². The summed E-state index contributed by atoms with van der Waals surface area (Å²) in [6.07, 6.45) is 0. The second kappa shape index (κ2) is 8.22. The maximum atomic E-state index is 13.5. The molecule has 0 aromatic heterocycles. The van der Waals surface area contributed by atoms with Crippen molar-refractivity contribution in [1.29, 1.82) is 0 Å². The van der Waals surface area contributed by atoms with Crippen LogP contribution < -0.4 is 15.8 Å². The Morgan fingerprint density at radius 3 is 2.47 bits per heavy atom. The van der Waals surface area contributed by atoms with E-state index in [4.69, 9.17) is 19.9 Å². The summed E-state index contributed by atoms with van der Waals surface area (Å²) in [6, 6.07) is 15.6. The predicted octanol–water partition coefficient (Wildman–Crippen LogP) is 2.56. The Morgan fingerprint density at radius 1 is 1.06 bits per heavy atom. The number of nitrogens with two attached hydrogens (primary N) is 1. The Bertz CT molecular complexity index is 1170. The summed E-state index contributed by atoms with van der Waals surface area (Å²) in [5.74, 6) is -1.64. The lowest BCUT2D eigenvalue weighted by molar-refractivity contribution is -0.141. The van der Waals surface area contributed by atoms with Gasteiger partial charge in [-0.05, 0) is 32.0 Å². The predicted molar refractivity (Wildman–Crippen MR) is 115 cm³/mol. The number of carbonyl (C=O) groups excluding carboxylic acids is 3. The van der Waals surface area contributed by atoms with Gasteiger partial charge in [-0.2, -0.15) is 0 Å². The Morgan fingerprint density at radius 2 is 1.75 bits per heavy atom. The highest BCUT2D eigenvalue weighted by atomic mass is 16.5. The van der Waals surface area contributed by atoms with Crippen LogP contribution in [0.4, 0.5) is 5.69 Å². The summed E-state index contributed by atoms with van der Waals surface area (Å²) < 4.78 is 16.4. The van der Waals surface area contributed by atoms with Crippen LogP contribution in [0.1, 0.15) is 19.4 Å². The molecule has 2 aromatic rings. The fourth-order valence-electron chi connectivity index (χ4n) is 4.18. The maximum Gasteiger partial charge on any atom is 0.339 e. The van der Waals surface area contributed by atoms with Crippen molar-refractivity contribution >= 4 is 23.3 Å². The quantitative estimate of drug-likeness (QED) is 0.671. The third-order valence-corrected chi connectivity index (χ3v) is 5.40. The van der Waals surface area contributed by atoms with Crippen molar-refractivity contribution in [3.63, 3.8) is 0 Å². The number of hydrogen-bond donors (Lipinski definition) is 2. The van der Waals surface area contributed by atoms with Crippen molar-refractivity contribution in [3.05, 3.63) is 82.9 Å². The summed E-state index contributed by atoms with van der Waals surface area (Å²) in [6.45, 7) is 2.83. The van der Waals surface area contributed by atoms with Gasteiger partial charge in [-0.15, -0.1) is 0 Å². The van der Waals surface area contributed by atoms with Gasteiger partial charge in [0.1, 0.15) is 22.5 Å². The van der Waals surface area contributed by atoms with E-state index >= 15 is 0 Å². The number of ketones is 1. The van der Waals surface area contributed by atoms with Crippen molar-refractivity contribution in [3.8, 4) is 5.75 Å². The van der Waals surface area contributed by atoms with Crippen LogP contribution in [0.25, 0.3) is 0 Å². The lowest BCUT2D eigenvalue weighted by atomic mass is 9.66. The summed E-state index contributed by atoms with van der Waals surface area (Å²) >= 11 is 0. The molecule has 0 fully saturated rings. The molecule has 0 saturated heterocycles. The molecule has 32 heavy (non-hydrogen) atoms. The number of rotatable bonds is 6. The molecule has 3 N–H and O–H groups in total. The number of allylic oxidation sites excluding steroid dienone is 1. The average Bonchev–Trinajstić information content (AvgIpc) is 3.05. The first kappa shape index (κ1) is 21.2. The molecule has 2 aromatic carbocycles. The fraction of sp³-hybridized carbons (Fsp3) is 0.208. The van der Waals surface area contributed by atoms with Gasteiger partial charge >= 0.3 is 5.97 Å². The number of nitrogens with one attached hydrogen (secondary N) is 1. The Kier molecular flexibility index (Phi) is 5.44. The number of hydrogen-bond acceptors (Lipinski definition) is 7. The zero-order valence-corrected chi connectivity index (χ0v) is 17.6. The summed E-state index contributed by atoms with van der Waals surface area (Å²) in [4.78, 5) is 40.0. The van der Waals surface area contributed by atoms with Gasteiger partial charge in [-0.25, -0.2) is 4.79 Å². The van der Waals surface area contributed by atoms with E-state index in [0.29, 0.717) is 17.0 Å². The normalized spacial score (nSPS) is 19.4. The second-order valence-corrected chi connectivity index (χ2v) is 7.27. The van der Waals surface area contributed by atoms with Crippen LogP contribution in [0.3, 0.4) is 0 Å². The number of ether oxygens (including phenoxy) is 3. The van der Waals surface area contributed by atoms with Gasteiger partial charge in [0.25, 0.3) is 0 Å². The number of fused-ring (bicyclic) bond motifs is 2. The number of amides is 1. The molecule has 8 nitrogen and oxygen atoms in total. The van der Waals surface area contributed by atoms with Crippen LogP contribution in [0.5, 0.6) is 5.75 Å². The van der Waals surface area contributed by atoms with Crippen molar-refractivity contribution in [1.82, 2.24) is 0 Å². The highest BCUT2D eigenvalue weighted by Gasteiger charge is 2.61. The van der Waals surface area contributed by atoms with Gasteiger partial charge in [-0.1, -0.05) is 36.4 Å². The molecule has 0 radical (unpaired) electrons. The van der Waals surface area contributed by atoms with E-state index in [0.717, 1.165) is 0 Å². The van der Waals surface area contributed by atoms with E-state index < -0.39 is 29.7 Å². The first-order valence-corrected chi connectivity index (χ1v) is 10.1. The number of carbonyl (C=O) groups is 3. The minimum absolute atomic E-state index is 0.0779. The third kappa shape index (κ3) is 3.20. The van der Waals surface area contributed by atoms with Crippen molar-refractivity contribution in [2.45, 2.75) is 19.3 Å². The minimum Gasteiger partial charge on any atom is -0.485 e. The molecule has 2 aliphatic rings. The van der Waals surface area contributed by atoms with Crippen molar-refractivity contribution < 1.29 is 28.6 Å². The zero-order valence-electron chi connectivity index (χ0n) is 17.6. The van der Waals surface area contributed by atoms with E-state index in [1.807, 2.05) is 6.07 Å². The highest BCUT2D eigenvalue weighted by Crippen LogP contribution is 2.52. The number of anilines is 1. The van der Waals surface area contributed by atoms with Crippen LogP contribution in [0, 0.1) is 0 Å². The van der Waals surface area contributed by atoms with Crippen molar-refractivity contribution in [2.75, 3.05) is 18.5 Å². The van der Waals surface area contributed by atoms with Crippen LogP contribution in [0.2, 0.25) is 0 Å². The molecule has 1 atom stereocenters. The van der Waals surface area contributed by atoms with E-state index in [-0.39, 0.29) is 29.4 Å². The standard InChI is InChI=1S/C24H22N2O6/c1-3-30-22(28)19-14(2)32-21(25)20(18(27)13-31-15-9-5-4-6-10-15)24(19)16-11-7-8-12-17(16)26-23(24)29/h4-12H,3,13,25H2,1-2H3,(H,26,29)/t24-/m0/s1. The van der Waals surface area contributed by atoms with Crippen LogP contribution >= 0.6 is 0 Å². The smallest absolute Gasteiger partial charge is 0.339 e. The first-order chi connectivity index (χ1) is 15.4. The van der Waals surface area contributed by atoms with Crippen LogP contribution in [-0.4, -0.2) is 30.9 Å². The number of Topliss-reactive ketones (excluding diaryl/α,β-unsaturated/α-hetero) is 1. The summed E-state index contributed by atoms with van der Waals surface area (Å²) in [7, 11) is 0. The molecular formula is C24H22N2O6. The molecule has 0 aliphatic carbocycles. The molecular weight excluding hydrogens is 412 g/mol. The molecule has 164 valence electrons. The number of para-hydroxylation sites is 2. The third-order valence-electron chi connectivity index (χ3n) is 5.40. The molecule has 0 saturated carbocycles. The highest BCUT2D eigenvalue weighted by molar-refractivity contribution is 6.22. The van der Waals surface area contributed by atoms with E-state index in [2.05, 4.69) is 5.32 Å². The number of esters is 1. The molecule has 1 spiro atoms. The minimum atomic E-state index is -1.81. The topological polar surface area (TPSA) is 117 Å². The second-order valence-electron chi connectivity index (χ2n) is 7.27. The van der Waals surface area contributed by atoms with Gasteiger partial charge in [0.15, 0.2) is 12.5 Å². The summed E-state index contributed by atoms with van der Waals surface area (Å²) in [5.41, 5.74) is 4.99. The Hall–Kier alpha value is -4.07. The molecule has 1 amide bonds. The Balaban J connectivity index is 1.86.